The highest BCUT2D eigenvalue weighted by molar-refractivity contribution is 6.41. The molecule has 3 heterocycles. The van der Waals surface area contributed by atoms with Crippen molar-refractivity contribution < 1.29 is 39.9 Å². The Kier molecular flexibility index (Phi) is 9.23. The fourth-order valence-electron chi connectivity index (χ4n) is 4.31. The smallest absolute Gasteiger partial charge is 0.558 e. The molecular weight excluding hydrogens is 506 g/mol. The minimum atomic E-state index is -3.83. The lowest BCUT2D eigenvalue weighted by molar-refractivity contribution is -0.197. The van der Waals surface area contributed by atoms with Gasteiger partial charge in [-0.1, -0.05) is 24.3 Å². The zero-order chi connectivity index (χ0) is 26.4. The van der Waals surface area contributed by atoms with E-state index in [-0.39, 0.29) is 32.4 Å². The highest BCUT2D eigenvalue weighted by atomic mass is 27.3. The maximum atomic E-state index is 13.8. The number of amides is 2. The molecule has 0 aliphatic carbocycles. The molecule has 2 bridgehead atoms. The number of rotatable bonds is 5. The largest absolute Gasteiger partial charge is 1.15 e. The van der Waals surface area contributed by atoms with E-state index in [2.05, 4.69) is 12.5 Å². The summed E-state index contributed by atoms with van der Waals surface area (Å²) in [5.74, 6) is -3.20. The zero-order valence-corrected chi connectivity index (χ0v) is 21.5. The maximum absolute atomic E-state index is 13.8. The maximum Gasteiger partial charge on any atom is 1.15 e. The number of nitrogens with zero attached hydrogens (tertiary/aromatic N) is 4. The molecule has 3 fully saturated rings. The average Bonchev–Trinajstić information content (AvgIpc) is 3.18. The fraction of sp³-hybridized carbons (Fsp3) is 0.522. The van der Waals surface area contributed by atoms with Crippen molar-refractivity contribution in [1.82, 2.24) is 19.8 Å². The SMILES string of the molecule is O=C(Cc1ccc(CN2CCN3CCN(CC2)CC(=O)[O][Al]([F])[O]C(=O)C3)cc1)ON1C(=O)CCC1=O. The van der Waals surface area contributed by atoms with Gasteiger partial charge in [0.2, 0.25) is 0 Å². The summed E-state index contributed by atoms with van der Waals surface area (Å²) in [7, 11) is 0. The number of carbonyl (C=O) groups is 5. The van der Waals surface area contributed by atoms with Crippen molar-refractivity contribution in [3.05, 3.63) is 35.4 Å². The third-order valence-electron chi connectivity index (χ3n) is 6.33. The van der Waals surface area contributed by atoms with E-state index in [1.165, 1.54) is 0 Å². The van der Waals surface area contributed by atoms with Gasteiger partial charge in [0.25, 0.3) is 23.8 Å². The molecule has 198 valence electrons. The first-order chi connectivity index (χ1) is 17.7. The van der Waals surface area contributed by atoms with E-state index in [1.54, 1.807) is 12.1 Å². The molecular formula is C23H28AlFN4O8. The number of imide groups is 1. The Bertz CT molecular complexity index is 994. The lowest BCUT2D eigenvalue weighted by Crippen LogP contribution is -2.40. The highest BCUT2D eigenvalue weighted by Crippen LogP contribution is 2.15. The second-order valence-corrected chi connectivity index (χ2v) is 10.1. The summed E-state index contributed by atoms with van der Waals surface area (Å²) < 4.78 is 23.2. The Morgan fingerprint density at radius 2 is 1.30 bits per heavy atom. The van der Waals surface area contributed by atoms with Crippen molar-refractivity contribution in [2.45, 2.75) is 25.8 Å². The van der Waals surface area contributed by atoms with E-state index in [1.807, 2.05) is 21.9 Å². The number of hydrogen-bond donors (Lipinski definition) is 0. The molecule has 1 aromatic rings. The monoisotopic (exact) mass is 534 g/mol. The lowest BCUT2D eigenvalue weighted by Gasteiger charge is -2.26. The van der Waals surface area contributed by atoms with Gasteiger partial charge >= 0.3 is 21.2 Å². The molecule has 0 aromatic heterocycles. The van der Waals surface area contributed by atoms with Gasteiger partial charge < -0.3 is 15.9 Å². The normalized spacial score (nSPS) is 24.0. The van der Waals surface area contributed by atoms with Crippen molar-refractivity contribution in [2.75, 3.05) is 52.4 Å². The number of hydrogen-bond acceptors (Lipinski definition) is 11. The summed E-state index contributed by atoms with van der Waals surface area (Å²) in [6.07, 6.45) is 0.00103. The van der Waals surface area contributed by atoms with Crippen LogP contribution in [0, 0.1) is 0 Å². The van der Waals surface area contributed by atoms with Gasteiger partial charge in [-0.05, 0) is 11.1 Å². The molecule has 37 heavy (non-hydrogen) atoms. The number of benzene rings is 1. The minimum Gasteiger partial charge on any atom is -0.558 e. The van der Waals surface area contributed by atoms with Gasteiger partial charge in [-0.2, -0.15) is 0 Å². The lowest BCUT2D eigenvalue weighted by atomic mass is 10.1. The van der Waals surface area contributed by atoms with Crippen LogP contribution in [0.2, 0.25) is 0 Å². The summed E-state index contributed by atoms with van der Waals surface area (Å²) >= 11 is -3.83. The van der Waals surface area contributed by atoms with Gasteiger partial charge in [0.1, 0.15) is 0 Å². The first-order valence-corrected chi connectivity index (χ1v) is 13.5. The molecule has 2 atom stereocenters. The van der Waals surface area contributed by atoms with Gasteiger partial charge in [-0.15, -0.1) is 5.06 Å². The second-order valence-electron chi connectivity index (χ2n) is 9.12. The van der Waals surface area contributed by atoms with E-state index in [4.69, 9.17) is 4.84 Å². The van der Waals surface area contributed by atoms with Gasteiger partial charge in [0.15, 0.2) is 0 Å². The number of fused-ring (bicyclic) bond motifs is 3. The molecule has 2 amide bonds. The molecule has 0 N–H and O–H groups in total. The first kappa shape index (κ1) is 27.2. The Morgan fingerprint density at radius 1 is 0.811 bits per heavy atom. The molecule has 2 unspecified atom stereocenters. The van der Waals surface area contributed by atoms with Crippen LogP contribution in [0.1, 0.15) is 24.0 Å². The third-order valence-corrected chi connectivity index (χ3v) is 7.22. The average molecular weight is 534 g/mol. The van der Waals surface area contributed by atoms with Crippen molar-refractivity contribution in [3.8, 4) is 0 Å². The predicted octanol–water partition coefficient (Wildman–Crippen LogP) is -0.690. The van der Waals surface area contributed by atoms with Crippen LogP contribution in [0.4, 0.5) is 3.52 Å². The van der Waals surface area contributed by atoms with Gasteiger partial charge in [-0.25, -0.2) is 4.79 Å². The van der Waals surface area contributed by atoms with E-state index in [0.29, 0.717) is 56.4 Å². The molecule has 12 nitrogen and oxygen atoms in total. The molecule has 1 aromatic carbocycles. The Balaban J connectivity index is 1.34. The molecule has 0 spiro atoms. The van der Waals surface area contributed by atoms with Crippen LogP contribution >= 0.6 is 0 Å². The topological polar surface area (TPSA) is 126 Å². The Labute approximate surface area is 218 Å². The van der Waals surface area contributed by atoms with Crippen molar-refractivity contribution >= 4 is 45.0 Å². The number of carbonyl (C=O) groups excluding carboxylic acids is 5. The highest BCUT2D eigenvalue weighted by Gasteiger charge is 2.42. The first-order valence-electron chi connectivity index (χ1n) is 12.1. The zero-order valence-electron chi connectivity index (χ0n) is 20.3. The van der Waals surface area contributed by atoms with Crippen molar-refractivity contribution in [1.29, 1.82) is 0 Å². The predicted molar refractivity (Wildman–Crippen MR) is 125 cm³/mol. The van der Waals surface area contributed by atoms with Crippen LogP contribution < -0.4 is 0 Å². The van der Waals surface area contributed by atoms with E-state index in [0.717, 1.165) is 5.56 Å². The molecule has 3 aliphatic heterocycles. The van der Waals surface area contributed by atoms with Crippen LogP contribution in [0.15, 0.2) is 24.3 Å². The second kappa shape index (κ2) is 12.6. The van der Waals surface area contributed by atoms with Crippen molar-refractivity contribution in [3.63, 3.8) is 0 Å². The Hall–Kier alpha value is -2.89. The van der Waals surface area contributed by atoms with Crippen LogP contribution in [0.25, 0.3) is 0 Å². The summed E-state index contributed by atoms with van der Waals surface area (Å²) in [6, 6.07) is 7.34. The van der Waals surface area contributed by atoms with Crippen molar-refractivity contribution in [2.24, 2.45) is 0 Å². The standard InChI is InChI=1S/C23H30N4O8.Al.FH/c28-19-5-6-20(29)27(19)35-23(34)13-17-1-3-18(4-2-17)14-24-7-9-25(15-21(30)31)11-12-26(10-8-24)16-22(32)33;;/h1-4H,5-16H2,(H,30,31)(H,32,33);;1H/q;+3;/p-3. The van der Waals surface area contributed by atoms with Gasteiger partial charge in [0, 0.05) is 58.7 Å². The summed E-state index contributed by atoms with van der Waals surface area (Å²) in [5, 5.41) is 0.535. The van der Waals surface area contributed by atoms with Gasteiger partial charge in [-0.3, -0.25) is 33.9 Å². The molecule has 14 heteroatoms. The third kappa shape index (κ3) is 8.05. The van der Waals surface area contributed by atoms with Crippen LogP contribution in [0.3, 0.4) is 0 Å². The molecule has 3 saturated heterocycles. The van der Waals surface area contributed by atoms with Crippen LogP contribution in [-0.4, -0.2) is 117 Å². The summed E-state index contributed by atoms with van der Waals surface area (Å²) in [6.45, 7) is 3.93. The number of hydroxylamine groups is 2. The van der Waals surface area contributed by atoms with Gasteiger partial charge in [0.05, 0.1) is 19.5 Å². The molecule has 0 saturated carbocycles. The van der Waals surface area contributed by atoms with E-state index in [9.17, 15) is 27.5 Å². The van der Waals surface area contributed by atoms with E-state index < -0.39 is 45.0 Å². The Morgan fingerprint density at radius 3 is 1.84 bits per heavy atom. The van der Waals surface area contributed by atoms with E-state index >= 15 is 0 Å². The van der Waals surface area contributed by atoms with Crippen LogP contribution in [0.5, 0.6) is 0 Å². The molecule has 0 radical (unpaired) electrons. The van der Waals surface area contributed by atoms with Crippen LogP contribution in [-0.2, 0) is 49.4 Å². The quantitative estimate of drug-likeness (QED) is 0.352. The molecule has 3 aliphatic rings. The summed E-state index contributed by atoms with van der Waals surface area (Å²) in [4.78, 5) is 70.4. The summed E-state index contributed by atoms with van der Waals surface area (Å²) in [5.41, 5.74) is 1.67. The fourth-order valence-corrected chi connectivity index (χ4v) is 4.92. The molecule has 4 rings (SSSR count). The number of halogens is 1. The minimum absolute atomic E-state index is 0.0423.